The van der Waals surface area contributed by atoms with Crippen LogP contribution in [0.15, 0.2) is 0 Å². The van der Waals surface area contributed by atoms with Crippen molar-refractivity contribution in [3.05, 3.63) is 0 Å². The molecule has 1 unspecified atom stereocenters. The fourth-order valence-corrected chi connectivity index (χ4v) is 2.78. The maximum Gasteiger partial charge on any atom is 0.310 e. The Balaban J connectivity index is 2.16. The van der Waals surface area contributed by atoms with Gasteiger partial charge in [-0.2, -0.15) is 0 Å². The molecule has 3 nitrogen and oxygen atoms in total. The monoisotopic (exact) mass is 255 g/mol. The Bertz CT molecular complexity index is 235. The second kappa shape index (κ2) is 8.52. The van der Waals surface area contributed by atoms with Crippen molar-refractivity contribution in [1.29, 1.82) is 0 Å². The number of hydrogen-bond donors (Lipinski definition) is 1. The lowest BCUT2D eigenvalue weighted by molar-refractivity contribution is -0.146. The minimum Gasteiger partial charge on any atom is -0.469 e. The molecule has 0 heterocycles. The van der Waals surface area contributed by atoms with Crippen molar-refractivity contribution in [3.63, 3.8) is 0 Å². The van der Waals surface area contributed by atoms with Gasteiger partial charge in [0, 0.05) is 6.54 Å². The molecule has 0 aliphatic heterocycles. The second-order valence-electron chi connectivity index (χ2n) is 5.87. The van der Waals surface area contributed by atoms with Crippen molar-refractivity contribution in [3.8, 4) is 0 Å². The first-order valence-corrected chi connectivity index (χ1v) is 7.43. The maximum absolute atomic E-state index is 11.6. The van der Waals surface area contributed by atoms with Crippen LogP contribution in [0.1, 0.15) is 52.4 Å². The highest BCUT2D eigenvalue weighted by molar-refractivity contribution is 5.72. The first-order chi connectivity index (χ1) is 8.65. The zero-order valence-electron chi connectivity index (χ0n) is 12.2. The molecule has 1 aliphatic carbocycles. The van der Waals surface area contributed by atoms with Gasteiger partial charge in [0.05, 0.1) is 13.0 Å². The number of esters is 1. The third-order valence-corrected chi connectivity index (χ3v) is 4.13. The molecule has 0 spiro atoms. The Morgan fingerprint density at radius 3 is 2.50 bits per heavy atom. The van der Waals surface area contributed by atoms with Crippen LogP contribution in [0.4, 0.5) is 0 Å². The van der Waals surface area contributed by atoms with E-state index in [-0.39, 0.29) is 11.9 Å². The van der Waals surface area contributed by atoms with E-state index in [4.69, 9.17) is 4.74 Å². The van der Waals surface area contributed by atoms with Crippen LogP contribution in [-0.2, 0) is 9.53 Å². The Kier molecular flexibility index (Phi) is 7.33. The van der Waals surface area contributed by atoms with Gasteiger partial charge in [-0.1, -0.05) is 46.0 Å². The van der Waals surface area contributed by atoms with Gasteiger partial charge in [-0.05, 0) is 24.8 Å². The summed E-state index contributed by atoms with van der Waals surface area (Å²) in [6.07, 6.45) is 8.27. The fraction of sp³-hybridized carbons (Fsp3) is 0.933. The molecule has 1 atom stereocenters. The van der Waals surface area contributed by atoms with Crippen LogP contribution < -0.4 is 5.32 Å². The number of hydrogen-bond acceptors (Lipinski definition) is 3. The molecule has 0 radical (unpaired) electrons. The first-order valence-electron chi connectivity index (χ1n) is 7.43. The van der Waals surface area contributed by atoms with Crippen molar-refractivity contribution < 1.29 is 9.53 Å². The van der Waals surface area contributed by atoms with Crippen LogP contribution in [0.3, 0.4) is 0 Å². The van der Waals surface area contributed by atoms with Gasteiger partial charge in [0.2, 0.25) is 0 Å². The van der Waals surface area contributed by atoms with Gasteiger partial charge in [-0.15, -0.1) is 0 Å². The Labute approximate surface area is 112 Å². The molecule has 18 heavy (non-hydrogen) atoms. The third-order valence-electron chi connectivity index (χ3n) is 4.13. The van der Waals surface area contributed by atoms with E-state index in [0.29, 0.717) is 5.92 Å². The molecule has 106 valence electrons. The minimum absolute atomic E-state index is 0.0126. The summed E-state index contributed by atoms with van der Waals surface area (Å²) in [5.41, 5.74) is 0. The molecule has 1 saturated carbocycles. The van der Waals surface area contributed by atoms with E-state index in [1.807, 2.05) is 0 Å². The predicted molar refractivity (Wildman–Crippen MR) is 74.4 cm³/mol. The van der Waals surface area contributed by atoms with E-state index >= 15 is 0 Å². The smallest absolute Gasteiger partial charge is 0.310 e. The summed E-state index contributed by atoms with van der Waals surface area (Å²) >= 11 is 0. The molecule has 1 fully saturated rings. The molecule has 1 N–H and O–H groups in total. The van der Waals surface area contributed by atoms with E-state index in [9.17, 15) is 4.79 Å². The summed E-state index contributed by atoms with van der Waals surface area (Å²) in [4.78, 5) is 11.6. The number of methoxy groups -OCH3 is 1. The van der Waals surface area contributed by atoms with Crippen molar-refractivity contribution in [2.24, 2.45) is 17.8 Å². The number of carbonyl (C=O) groups is 1. The van der Waals surface area contributed by atoms with E-state index in [1.165, 1.54) is 45.6 Å². The van der Waals surface area contributed by atoms with Crippen LogP contribution in [0.2, 0.25) is 0 Å². The molecule has 0 aromatic rings. The largest absolute Gasteiger partial charge is 0.469 e. The van der Waals surface area contributed by atoms with E-state index in [1.54, 1.807) is 0 Å². The van der Waals surface area contributed by atoms with Gasteiger partial charge in [-0.3, -0.25) is 4.79 Å². The maximum atomic E-state index is 11.6. The van der Waals surface area contributed by atoms with Gasteiger partial charge in [0.1, 0.15) is 0 Å². The lowest BCUT2D eigenvalue weighted by Gasteiger charge is -2.23. The molecule has 1 aliphatic rings. The minimum atomic E-state index is -0.0878. The van der Waals surface area contributed by atoms with Crippen LogP contribution in [0.25, 0.3) is 0 Å². The molecule has 3 heteroatoms. The summed E-state index contributed by atoms with van der Waals surface area (Å²) in [5, 5.41) is 3.43. The summed E-state index contributed by atoms with van der Waals surface area (Å²) in [6.45, 7) is 5.93. The van der Waals surface area contributed by atoms with Gasteiger partial charge < -0.3 is 10.1 Å². The highest BCUT2D eigenvalue weighted by Gasteiger charge is 2.22. The molecule has 1 rings (SSSR count). The molecule has 0 bridgehead atoms. The fourth-order valence-electron chi connectivity index (χ4n) is 2.78. The molecular formula is C15H29NO2. The van der Waals surface area contributed by atoms with Crippen molar-refractivity contribution >= 4 is 5.97 Å². The van der Waals surface area contributed by atoms with E-state index in [2.05, 4.69) is 19.2 Å². The number of nitrogens with one attached hydrogen (secondary N) is 1. The SMILES string of the molecule is COC(=O)C(CNCCC1CCCCC1)C(C)C. The summed E-state index contributed by atoms with van der Waals surface area (Å²) in [7, 11) is 1.47. The second-order valence-corrected chi connectivity index (χ2v) is 5.87. The normalized spacial score (nSPS) is 18.9. The van der Waals surface area contributed by atoms with Crippen molar-refractivity contribution in [2.45, 2.75) is 52.4 Å². The standard InChI is InChI=1S/C15H29NO2/c1-12(2)14(15(17)18-3)11-16-10-9-13-7-5-4-6-8-13/h12-14,16H,4-11H2,1-3H3. The average Bonchev–Trinajstić information content (AvgIpc) is 2.38. The van der Waals surface area contributed by atoms with E-state index < -0.39 is 0 Å². The lowest BCUT2D eigenvalue weighted by atomic mass is 9.87. The van der Waals surface area contributed by atoms with Gasteiger partial charge in [-0.25, -0.2) is 0 Å². The summed E-state index contributed by atoms with van der Waals surface area (Å²) in [6, 6.07) is 0. The third kappa shape index (κ3) is 5.38. The highest BCUT2D eigenvalue weighted by Crippen LogP contribution is 2.25. The van der Waals surface area contributed by atoms with Crippen LogP contribution in [-0.4, -0.2) is 26.2 Å². The quantitative estimate of drug-likeness (QED) is 0.561. The van der Waals surface area contributed by atoms with Crippen LogP contribution in [0, 0.1) is 17.8 Å². The topological polar surface area (TPSA) is 38.3 Å². The number of rotatable bonds is 7. The number of ether oxygens (including phenoxy) is 1. The van der Waals surface area contributed by atoms with Gasteiger partial charge in [0.25, 0.3) is 0 Å². The van der Waals surface area contributed by atoms with Crippen molar-refractivity contribution in [2.75, 3.05) is 20.2 Å². The predicted octanol–water partition coefficient (Wildman–Crippen LogP) is 2.99. The van der Waals surface area contributed by atoms with E-state index in [0.717, 1.165) is 19.0 Å². The molecule has 0 aromatic heterocycles. The summed E-state index contributed by atoms with van der Waals surface area (Å²) in [5.74, 6) is 1.14. The molecule has 0 aromatic carbocycles. The van der Waals surface area contributed by atoms with Crippen LogP contribution >= 0.6 is 0 Å². The summed E-state index contributed by atoms with van der Waals surface area (Å²) < 4.78 is 4.84. The first kappa shape index (κ1) is 15.5. The Hall–Kier alpha value is -0.570. The highest BCUT2D eigenvalue weighted by atomic mass is 16.5. The number of carbonyl (C=O) groups excluding carboxylic acids is 1. The average molecular weight is 255 g/mol. The molecule has 0 amide bonds. The zero-order valence-corrected chi connectivity index (χ0v) is 12.2. The zero-order chi connectivity index (χ0) is 13.4. The van der Waals surface area contributed by atoms with Crippen molar-refractivity contribution in [1.82, 2.24) is 5.32 Å². The van der Waals surface area contributed by atoms with Crippen LogP contribution in [0.5, 0.6) is 0 Å². The Morgan fingerprint density at radius 2 is 1.94 bits per heavy atom. The van der Waals surface area contributed by atoms with Gasteiger partial charge >= 0.3 is 5.97 Å². The van der Waals surface area contributed by atoms with Gasteiger partial charge in [0.15, 0.2) is 0 Å². The molecule has 0 saturated heterocycles. The lowest BCUT2D eigenvalue weighted by Crippen LogP contribution is -2.34. The molecular weight excluding hydrogens is 226 g/mol. The Morgan fingerprint density at radius 1 is 1.28 bits per heavy atom.